The summed E-state index contributed by atoms with van der Waals surface area (Å²) >= 11 is 0. The highest BCUT2D eigenvalue weighted by atomic mass is 16.5. The average molecular weight is 801 g/mol. The number of piperidine rings is 2. The van der Waals surface area contributed by atoms with Crippen LogP contribution in [-0.4, -0.2) is 96.5 Å². The van der Waals surface area contributed by atoms with Crippen LogP contribution in [0.4, 0.5) is 0 Å². The van der Waals surface area contributed by atoms with Crippen molar-refractivity contribution in [3.05, 3.63) is 97.6 Å². The Balaban J connectivity index is 0.000000179. The van der Waals surface area contributed by atoms with E-state index in [-0.39, 0.29) is 45.9 Å². The minimum Gasteiger partial charge on any atom is -0.507 e. The second kappa shape index (κ2) is 16.1. The second-order valence-electron chi connectivity index (χ2n) is 18.2. The second-order valence-corrected chi connectivity index (χ2v) is 18.2. The zero-order valence-electron chi connectivity index (χ0n) is 35.5. The topological polar surface area (TPSA) is 161 Å². The maximum Gasteiger partial charge on any atom is 0.233 e. The van der Waals surface area contributed by atoms with Crippen molar-refractivity contribution in [1.29, 1.82) is 0 Å². The molecule has 3 N–H and O–H groups in total. The number of phenols is 2. The monoisotopic (exact) mass is 800 g/mol. The summed E-state index contributed by atoms with van der Waals surface area (Å²) in [5, 5.41) is 50.0. The molecule has 0 aliphatic carbocycles. The van der Waals surface area contributed by atoms with E-state index in [1.807, 2.05) is 73.1 Å². The summed E-state index contributed by atoms with van der Waals surface area (Å²) in [6.07, 6.45) is 10.8. The fourth-order valence-corrected chi connectivity index (χ4v) is 8.67. The van der Waals surface area contributed by atoms with Gasteiger partial charge in [-0.05, 0) is 111 Å². The molecule has 0 unspecified atom stereocenters. The van der Waals surface area contributed by atoms with Crippen molar-refractivity contribution < 1.29 is 19.7 Å². The number of aromatic nitrogens is 8. The Hall–Kier alpha value is -5.86. The number of hydrogen-bond acceptors (Lipinski definition) is 12. The smallest absolute Gasteiger partial charge is 0.233 e. The van der Waals surface area contributed by atoms with Gasteiger partial charge in [-0.3, -0.25) is 4.90 Å². The molecule has 59 heavy (non-hydrogen) atoms. The van der Waals surface area contributed by atoms with Crippen LogP contribution >= 0.6 is 0 Å². The van der Waals surface area contributed by atoms with E-state index < -0.39 is 0 Å². The molecule has 0 spiro atoms. The Labute approximate surface area is 346 Å². The summed E-state index contributed by atoms with van der Waals surface area (Å²) in [5.41, 5.74) is 4.06. The Morgan fingerprint density at radius 3 is 1.36 bits per heavy atom. The van der Waals surface area contributed by atoms with Crippen molar-refractivity contribution in [1.82, 2.24) is 50.2 Å². The lowest BCUT2D eigenvalue weighted by atomic mass is 9.79. The number of aromatic hydroxyl groups is 2. The van der Waals surface area contributed by atoms with Crippen LogP contribution in [0.3, 0.4) is 0 Å². The van der Waals surface area contributed by atoms with Crippen LogP contribution in [0.15, 0.2) is 97.6 Å². The SMILES string of the molecule is CC1(C)CC(Oc2ccc(-c3ccc(-n4cccn4)cc3O)nn2)CC(C)(C)N1.CN1C(C)(C)CC(Oc2ccc(-c3ccc(-n4cccn4)cc3O)nn2)CC1(C)C. The van der Waals surface area contributed by atoms with Crippen molar-refractivity contribution in [3.63, 3.8) is 0 Å². The third-order valence-corrected chi connectivity index (χ3v) is 11.3. The Morgan fingerprint density at radius 1 is 0.576 bits per heavy atom. The molecule has 2 saturated heterocycles. The van der Waals surface area contributed by atoms with Crippen molar-refractivity contribution in [2.24, 2.45) is 0 Å². The molecule has 2 aromatic carbocycles. The van der Waals surface area contributed by atoms with Gasteiger partial charge in [0.2, 0.25) is 11.8 Å². The molecule has 0 amide bonds. The van der Waals surface area contributed by atoms with Crippen LogP contribution in [0.2, 0.25) is 0 Å². The van der Waals surface area contributed by atoms with Crippen LogP contribution in [0.1, 0.15) is 81.1 Å². The average Bonchev–Trinajstić information content (AvgIpc) is 3.90. The Morgan fingerprint density at radius 2 is 1.00 bits per heavy atom. The molecular formula is C45H56N10O4. The van der Waals surface area contributed by atoms with Gasteiger partial charge in [0.15, 0.2) is 0 Å². The first-order chi connectivity index (χ1) is 27.9. The van der Waals surface area contributed by atoms with E-state index in [9.17, 15) is 10.2 Å². The number of nitrogens with zero attached hydrogens (tertiary/aromatic N) is 9. The van der Waals surface area contributed by atoms with Gasteiger partial charge < -0.3 is 25.0 Å². The van der Waals surface area contributed by atoms with E-state index in [4.69, 9.17) is 9.47 Å². The van der Waals surface area contributed by atoms with Crippen molar-refractivity contribution >= 4 is 0 Å². The van der Waals surface area contributed by atoms with Crippen LogP contribution in [-0.2, 0) is 0 Å². The molecule has 310 valence electrons. The molecule has 0 saturated carbocycles. The molecule has 14 nitrogen and oxygen atoms in total. The number of benzene rings is 2. The van der Waals surface area contributed by atoms with E-state index in [1.54, 1.807) is 33.9 Å². The number of rotatable bonds is 8. The number of likely N-dealkylation sites (tertiary alicyclic amines) is 1. The number of hydrogen-bond donors (Lipinski definition) is 3. The predicted octanol–water partition coefficient (Wildman–Crippen LogP) is 7.79. The van der Waals surface area contributed by atoms with E-state index >= 15 is 0 Å². The van der Waals surface area contributed by atoms with Crippen molar-refractivity contribution in [3.8, 4) is 57.1 Å². The van der Waals surface area contributed by atoms with E-state index in [2.05, 4.69) is 103 Å². The number of nitrogens with one attached hydrogen (secondary N) is 1. The third kappa shape index (κ3) is 9.72. The molecule has 0 atom stereocenters. The molecule has 2 aliphatic heterocycles. The Bertz CT molecular complexity index is 2290. The van der Waals surface area contributed by atoms with Crippen LogP contribution in [0.5, 0.6) is 23.3 Å². The fraction of sp³-hybridized carbons (Fsp3) is 0.422. The molecule has 0 bridgehead atoms. The molecule has 2 aliphatic rings. The Kier molecular flexibility index (Phi) is 11.2. The van der Waals surface area contributed by atoms with E-state index in [0.29, 0.717) is 34.3 Å². The van der Waals surface area contributed by atoms with Crippen LogP contribution < -0.4 is 14.8 Å². The maximum absolute atomic E-state index is 10.5. The number of phenolic OH excluding ortho intramolecular Hbond substituents is 2. The lowest BCUT2D eigenvalue weighted by molar-refractivity contribution is -0.0569. The zero-order valence-corrected chi connectivity index (χ0v) is 35.5. The highest BCUT2D eigenvalue weighted by Crippen LogP contribution is 2.39. The summed E-state index contributed by atoms with van der Waals surface area (Å²) < 4.78 is 15.7. The lowest BCUT2D eigenvalue weighted by Gasteiger charge is -2.53. The fourth-order valence-electron chi connectivity index (χ4n) is 8.67. The van der Waals surface area contributed by atoms with Gasteiger partial charge in [-0.2, -0.15) is 10.2 Å². The third-order valence-electron chi connectivity index (χ3n) is 11.3. The molecular weight excluding hydrogens is 745 g/mol. The molecule has 2 fully saturated rings. The first-order valence-electron chi connectivity index (χ1n) is 20.1. The van der Waals surface area contributed by atoms with Crippen LogP contribution in [0.25, 0.3) is 33.9 Å². The van der Waals surface area contributed by atoms with Gasteiger partial charge in [-0.15, -0.1) is 20.4 Å². The van der Waals surface area contributed by atoms with Gasteiger partial charge in [-0.1, -0.05) is 0 Å². The van der Waals surface area contributed by atoms with Crippen LogP contribution in [0, 0.1) is 0 Å². The predicted molar refractivity (Wildman–Crippen MR) is 227 cm³/mol. The minimum atomic E-state index is 0.00188. The van der Waals surface area contributed by atoms with Gasteiger partial charge >= 0.3 is 0 Å². The zero-order chi connectivity index (χ0) is 42.2. The van der Waals surface area contributed by atoms with Gasteiger partial charge in [-0.25, -0.2) is 9.36 Å². The highest BCUT2D eigenvalue weighted by Gasteiger charge is 2.44. The highest BCUT2D eigenvalue weighted by molar-refractivity contribution is 5.69. The van der Waals surface area contributed by atoms with Crippen molar-refractivity contribution in [2.75, 3.05) is 7.05 Å². The first kappa shape index (κ1) is 41.3. The lowest BCUT2D eigenvalue weighted by Crippen LogP contribution is -2.60. The molecule has 4 aromatic heterocycles. The molecule has 0 radical (unpaired) electrons. The summed E-state index contributed by atoms with van der Waals surface area (Å²) in [6, 6.07) is 21.7. The molecule has 14 heteroatoms. The minimum absolute atomic E-state index is 0.00188. The van der Waals surface area contributed by atoms with Gasteiger partial charge in [0, 0.05) is 108 Å². The summed E-state index contributed by atoms with van der Waals surface area (Å²) in [7, 11) is 2.18. The van der Waals surface area contributed by atoms with Gasteiger partial charge in [0.25, 0.3) is 0 Å². The van der Waals surface area contributed by atoms with E-state index in [1.165, 1.54) is 0 Å². The van der Waals surface area contributed by atoms with E-state index in [0.717, 1.165) is 37.1 Å². The summed E-state index contributed by atoms with van der Waals surface area (Å²) in [4.78, 5) is 2.42. The van der Waals surface area contributed by atoms with Crippen molar-refractivity contribution in [2.45, 2.75) is 115 Å². The van der Waals surface area contributed by atoms with Gasteiger partial charge in [0.05, 0.1) is 22.8 Å². The number of ether oxygens (including phenoxy) is 2. The molecule has 8 rings (SSSR count). The summed E-state index contributed by atoms with van der Waals surface area (Å²) in [5.74, 6) is 1.26. The molecule has 6 heterocycles. The maximum atomic E-state index is 10.5. The summed E-state index contributed by atoms with van der Waals surface area (Å²) in [6.45, 7) is 17.7. The molecule has 6 aromatic rings. The first-order valence-corrected chi connectivity index (χ1v) is 20.1. The van der Waals surface area contributed by atoms with Gasteiger partial charge in [0.1, 0.15) is 23.7 Å². The standard InChI is InChI=1S/C23H29N5O2.C22H27N5O2/c1-22(2)14-17(15-23(3,4)27(22)5)30-21-10-9-19(25-26-21)18-8-7-16(13-20(18)29)28-12-6-11-24-28;1-21(2)13-16(14-22(3,4)26-21)29-20-9-8-18(24-25-20)17-7-6-15(12-19(17)28)27-11-5-10-23-27/h6-13,17,29H,14-15H2,1-5H3;5-12,16,26,28H,13-14H2,1-4H3. The largest absolute Gasteiger partial charge is 0.507 e. The normalized spacial score (nSPS) is 18.7. The quantitative estimate of drug-likeness (QED) is 0.137.